The predicted molar refractivity (Wildman–Crippen MR) is 114 cm³/mol. The van der Waals surface area contributed by atoms with E-state index in [0.717, 1.165) is 14.8 Å². The number of hydrogen-bond acceptors (Lipinski definition) is 4. The molecule has 1 aliphatic heterocycles. The van der Waals surface area contributed by atoms with E-state index in [9.17, 15) is 4.79 Å². The molecular weight excluding hydrogens is 475 g/mol. The molecule has 1 fully saturated rings. The molecular formula is C17H12ClIN2OS2. The smallest absolute Gasteiger partial charge is 0.267 e. The van der Waals surface area contributed by atoms with Crippen molar-refractivity contribution in [2.24, 2.45) is 0 Å². The number of benzene rings is 2. The Kier molecular flexibility index (Phi) is 5.80. The molecule has 0 spiro atoms. The number of nitrogens with one attached hydrogen (secondary N) is 1. The van der Waals surface area contributed by atoms with Crippen LogP contribution in [-0.4, -0.2) is 21.8 Å². The lowest BCUT2D eigenvalue weighted by Crippen LogP contribution is -2.33. The molecule has 0 aliphatic carbocycles. The highest BCUT2D eigenvalue weighted by atomic mass is 127. The highest BCUT2D eigenvalue weighted by Crippen LogP contribution is 2.32. The lowest BCUT2D eigenvalue weighted by molar-refractivity contribution is -0.121. The molecule has 1 aliphatic rings. The highest BCUT2D eigenvalue weighted by molar-refractivity contribution is 14.1. The summed E-state index contributed by atoms with van der Waals surface area (Å²) in [6, 6.07) is 15.3. The number of anilines is 1. The van der Waals surface area contributed by atoms with Crippen molar-refractivity contribution in [2.45, 2.75) is 0 Å². The van der Waals surface area contributed by atoms with Crippen LogP contribution in [0.3, 0.4) is 0 Å². The number of thioether (sulfide) groups is 1. The number of carbonyl (C=O) groups excluding carboxylic acids is 1. The monoisotopic (exact) mass is 486 g/mol. The second-order valence-electron chi connectivity index (χ2n) is 5.00. The fourth-order valence-corrected chi connectivity index (χ4v) is 3.83. The van der Waals surface area contributed by atoms with Crippen molar-refractivity contribution >= 4 is 80.2 Å². The van der Waals surface area contributed by atoms with E-state index < -0.39 is 0 Å². The first kappa shape index (κ1) is 17.7. The number of hydrogen-bond donors (Lipinski definition) is 1. The molecule has 0 radical (unpaired) electrons. The summed E-state index contributed by atoms with van der Waals surface area (Å²) in [7, 11) is 0. The second kappa shape index (κ2) is 7.86. The molecule has 1 heterocycles. The Balaban J connectivity index is 1.69. The topological polar surface area (TPSA) is 32.3 Å². The van der Waals surface area contributed by atoms with Gasteiger partial charge in [-0.2, -0.15) is 0 Å². The predicted octanol–water partition coefficient (Wildman–Crippen LogP) is 5.22. The van der Waals surface area contributed by atoms with E-state index in [-0.39, 0.29) is 5.91 Å². The molecule has 3 rings (SSSR count). The van der Waals surface area contributed by atoms with Gasteiger partial charge in [0, 0.05) is 14.3 Å². The Hall–Kier alpha value is -1.09. The summed E-state index contributed by atoms with van der Waals surface area (Å²) < 4.78 is 1.71. The molecule has 0 aromatic heterocycles. The summed E-state index contributed by atoms with van der Waals surface area (Å²) in [5.41, 5.74) is 1.87. The van der Waals surface area contributed by atoms with E-state index in [1.807, 2.05) is 42.5 Å². The Bertz CT molecular complexity index is 806. The lowest BCUT2D eigenvalue weighted by atomic mass is 10.2. The first-order valence-corrected chi connectivity index (χ1v) is 9.71. The Labute approximate surface area is 168 Å². The Morgan fingerprint density at radius 2 is 1.83 bits per heavy atom. The van der Waals surface area contributed by atoms with E-state index in [2.05, 4.69) is 27.9 Å². The van der Waals surface area contributed by atoms with E-state index >= 15 is 0 Å². The van der Waals surface area contributed by atoms with E-state index in [0.29, 0.717) is 20.9 Å². The first-order valence-electron chi connectivity index (χ1n) is 7.03. The molecule has 2 aromatic rings. The van der Waals surface area contributed by atoms with E-state index in [1.165, 1.54) is 11.8 Å². The maximum Gasteiger partial charge on any atom is 0.267 e. The number of rotatable bonds is 4. The number of amides is 1. The zero-order valence-corrected chi connectivity index (χ0v) is 16.9. The van der Waals surface area contributed by atoms with Crippen molar-refractivity contribution < 1.29 is 4.79 Å². The molecule has 24 heavy (non-hydrogen) atoms. The van der Waals surface area contributed by atoms with Crippen LogP contribution in [0.4, 0.5) is 5.69 Å². The third kappa shape index (κ3) is 4.30. The minimum atomic E-state index is -0.0787. The second-order valence-corrected chi connectivity index (χ2v) is 8.36. The number of carbonyl (C=O) groups is 1. The number of thiocarbonyl (C=S) groups is 1. The zero-order chi connectivity index (χ0) is 17.1. The average molecular weight is 487 g/mol. The van der Waals surface area contributed by atoms with Crippen LogP contribution >= 0.6 is 58.2 Å². The van der Waals surface area contributed by atoms with Crippen LogP contribution in [0, 0.1) is 3.57 Å². The summed E-state index contributed by atoms with van der Waals surface area (Å²) in [5, 5.41) is 3.86. The van der Waals surface area contributed by atoms with Gasteiger partial charge in [0.1, 0.15) is 4.32 Å². The van der Waals surface area contributed by atoms with Gasteiger partial charge in [0.25, 0.3) is 5.91 Å². The van der Waals surface area contributed by atoms with Crippen LogP contribution in [0.25, 0.3) is 6.08 Å². The fourth-order valence-electron chi connectivity index (χ4n) is 2.08. The van der Waals surface area contributed by atoms with Crippen molar-refractivity contribution in [3.8, 4) is 0 Å². The Morgan fingerprint density at radius 1 is 1.17 bits per heavy atom. The molecule has 3 nitrogen and oxygen atoms in total. The van der Waals surface area contributed by atoms with Gasteiger partial charge in [-0.1, -0.05) is 47.7 Å². The summed E-state index contributed by atoms with van der Waals surface area (Å²) in [6.45, 7) is 0.330. The van der Waals surface area contributed by atoms with Crippen LogP contribution in [0.15, 0.2) is 53.4 Å². The van der Waals surface area contributed by atoms with Crippen molar-refractivity contribution in [3.05, 3.63) is 67.6 Å². The molecule has 0 unspecified atom stereocenters. The SMILES string of the molecule is O=C1C(=Cc2ccc(I)cc2)SC(=S)N1CNc1ccc(Cl)cc1. The maximum absolute atomic E-state index is 12.5. The molecule has 0 atom stereocenters. The van der Waals surface area contributed by atoms with Crippen LogP contribution in [0.5, 0.6) is 0 Å². The molecule has 2 aromatic carbocycles. The number of halogens is 2. The van der Waals surface area contributed by atoms with Gasteiger partial charge in [-0.25, -0.2) is 0 Å². The molecule has 0 saturated carbocycles. The van der Waals surface area contributed by atoms with Crippen LogP contribution in [0.1, 0.15) is 5.56 Å². The maximum atomic E-state index is 12.5. The first-order chi connectivity index (χ1) is 11.5. The van der Waals surface area contributed by atoms with Crippen LogP contribution < -0.4 is 5.32 Å². The minimum absolute atomic E-state index is 0.0787. The lowest BCUT2D eigenvalue weighted by Gasteiger charge is -2.16. The van der Waals surface area contributed by atoms with Gasteiger partial charge < -0.3 is 5.32 Å². The molecule has 7 heteroatoms. The molecule has 1 saturated heterocycles. The van der Waals surface area contributed by atoms with Crippen LogP contribution in [-0.2, 0) is 4.79 Å². The summed E-state index contributed by atoms with van der Waals surface area (Å²) >= 11 is 14.8. The van der Waals surface area contributed by atoms with Gasteiger partial charge in [0.2, 0.25) is 0 Å². The van der Waals surface area contributed by atoms with Gasteiger partial charge >= 0.3 is 0 Å². The quantitative estimate of drug-likeness (QED) is 0.365. The Morgan fingerprint density at radius 3 is 2.50 bits per heavy atom. The molecule has 1 amide bonds. The van der Waals surface area contributed by atoms with Gasteiger partial charge in [-0.3, -0.25) is 9.69 Å². The fraction of sp³-hybridized carbons (Fsp3) is 0.0588. The summed E-state index contributed by atoms with van der Waals surface area (Å²) in [4.78, 5) is 14.8. The highest BCUT2D eigenvalue weighted by Gasteiger charge is 2.31. The third-order valence-electron chi connectivity index (χ3n) is 3.33. The van der Waals surface area contributed by atoms with Crippen LogP contribution in [0.2, 0.25) is 5.02 Å². The molecule has 122 valence electrons. The zero-order valence-electron chi connectivity index (χ0n) is 12.3. The van der Waals surface area contributed by atoms with Crippen molar-refractivity contribution in [3.63, 3.8) is 0 Å². The van der Waals surface area contributed by atoms with Gasteiger partial charge in [0.05, 0.1) is 11.6 Å². The largest absolute Gasteiger partial charge is 0.367 e. The van der Waals surface area contributed by atoms with E-state index in [1.54, 1.807) is 17.0 Å². The average Bonchev–Trinajstić information content (AvgIpc) is 2.83. The number of nitrogens with zero attached hydrogens (tertiary/aromatic N) is 1. The standard InChI is InChI=1S/C17H12ClIN2OS2/c18-12-3-7-14(8-4-12)20-10-21-16(22)15(24-17(21)23)9-11-1-5-13(19)6-2-11/h1-9,20H,10H2. The minimum Gasteiger partial charge on any atom is -0.367 e. The van der Waals surface area contributed by atoms with Crippen molar-refractivity contribution in [2.75, 3.05) is 12.0 Å². The normalized spacial score (nSPS) is 16.1. The third-order valence-corrected chi connectivity index (χ3v) is 5.68. The van der Waals surface area contributed by atoms with Crippen molar-refractivity contribution in [1.29, 1.82) is 0 Å². The van der Waals surface area contributed by atoms with Gasteiger partial charge in [-0.05, 0) is 70.6 Å². The van der Waals surface area contributed by atoms with Crippen molar-refractivity contribution in [1.82, 2.24) is 4.90 Å². The summed E-state index contributed by atoms with van der Waals surface area (Å²) in [5.74, 6) is -0.0787. The molecule has 0 bridgehead atoms. The molecule has 1 N–H and O–H groups in total. The van der Waals surface area contributed by atoms with Gasteiger partial charge in [0.15, 0.2) is 0 Å². The van der Waals surface area contributed by atoms with Gasteiger partial charge in [-0.15, -0.1) is 0 Å². The summed E-state index contributed by atoms with van der Waals surface area (Å²) in [6.07, 6.45) is 1.87. The van der Waals surface area contributed by atoms with E-state index in [4.69, 9.17) is 23.8 Å².